The Bertz CT molecular complexity index is 671. The van der Waals surface area contributed by atoms with Crippen LogP contribution in [0, 0.1) is 0 Å². The molecule has 108 valence electrons. The van der Waals surface area contributed by atoms with E-state index in [2.05, 4.69) is 6.07 Å². The number of hydrogen-bond acceptors (Lipinski definition) is 2. The van der Waals surface area contributed by atoms with Crippen LogP contribution >= 0.6 is 11.6 Å². The normalized spacial score (nSPS) is 16.9. The SMILES string of the molecule is NCCC1CN(C(=O)c2cccc(Cl)c2)c2ccccc21. The van der Waals surface area contributed by atoms with Crippen LogP contribution in [0.1, 0.15) is 28.3 Å². The fraction of sp³-hybridized carbons (Fsp3) is 0.235. The van der Waals surface area contributed by atoms with Crippen LogP contribution in [0.4, 0.5) is 5.69 Å². The molecule has 21 heavy (non-hydrogen) atoms. The summed E-state index contributed by atoms with van der Waals surface area (Å²) >= 11 is 5.99. The highest BCUT2D eigenvalue weighted by atomic mass is 35.5. The van der Waals surface area contributed by atoms with Crippen molar-refractivity contribution in [1.82, 2.24) is 0 Å². The van der Waals surface area contributed by atoms with Gasteiger partial charge in [-0.25, -0.2) is 0 Å². The van der Waals surface area contributed by atoms with Crippen LogP contribution in [0.25, 0.3) is 0 Å². The number of anilines is 1. The van der Waals surface area contributed by atoms with Crippen molar-refractivity contribution in [1.29, 1.82) is 0 Å². The van der Waals surface area contributed by atoms with E-state index in [1.807, 2.05) is 23.1 Å². The Balaban J connectivity index is 1.95. The molecule has 2 aromatic rings. The Kier molecular flexibility index (Phi) is 3.95. The maximum absolute atomic E-state index is 12.7. The first kappa shape index (κ1) is 14.1. The average molecular weight is 301 g/mol. The number of carbonyl (C=O) groups is 1. The molecule has 0 saturated carbocycles. The molecule has 0 radical (unpaired) electrons. The zero-order valence-electron chi connectivity index (χ0n) is 11.6. The van der Waals surface area contributed by atoms with E-state index < -0.39 is 0 Å². The lowest BCUT2D eigenvalue weighted by atomic mass is 9.98. The van der Waals surface area contributed by atoms with Gasteiger partial charge in [-0.05, 0) is 42.8 Å². The maximum Gasteiger partial charge on any atom is 0.258 e. The van der Waals surface area contributed by atoms with Gasteiger partial charge >= 0.3 is 0 Å². The van der Waals surface area contributed by atoms with Crippen molar-refractivity contribution in [3.8, 4) is 0 Å². The van der Waals surface area contributed by atoms with Gasteiger partial charge < -0.3 is 10.6 Å². The van der Waals surface area contributed by atoms with E-state index in [4.69, 9.17) is 17.3 Å². The molecule has 1 aliphatic rings. The molecule has 0 aromatic heterocycles. The van der Waals surface area contributed by atoms with Crippen molar-refractivity contribution in [2.75, 3.05) is 18.0 Å². The van der Waals surface area contributed by atoms with E-state index in [-0.39, 0.29) is 5.91 Å². The molecule has 1 atom stereocenters. The molecule has 0 aliphatic carbocycles. The van der Waals surface area contributed by atoms with Crippen LogP contribution in [0.5, 0.6) is 0 Å². The first-order valence-corrected chi connectivity index (χ1v) is 7.45. The van der Waals surface area contributed by atoms with Crippen molar-refractivity contribution in [2.45, 2.75) is 12.3 Å². The number of fused-ring (bicyclic) bond motifs is 1. The highest BCUT2D eigenvalue weighted by Crippen LogP contribution is 2.38. The summed E-state index contributed by atoms with van der Waals surface area (Å²) in [4.78, 5) is 14.6. The third-order valence-corrected chi connectivity index (χ3v) is 4.14. The minimum Gasteiger partial charge on any atom is -0.330 e. The fourth-order valence-corrected chi connectivity index (χ4v) is 3.10. The summed E-state index contributed by atoms with van der Waals surface area (Å²) in [6, 6.07) is 15.1. The summed E-state index contributed by atoms with van der Waals surface area (Å²) in [5.41, 5.74) is 8.51. The van der Waals surface area contributed by atoms with Crippen molar-refractivity contribution >= 4 is 23.2 Å². The molecule has 1 heterocycles. The lowest BCUT2D eigenvalue weighted by Crippen LogP contribution is -2.30. The van der Waals surface area contributed by atoms with Gasteiger partial charge in [-0.2, -0.15) is 0 Å². The smallest absolute Gasteiger partial charge is 0.258 e. The Hall–Kier alpha value is -1.84. The minimum absolute atomic E-state index is 0.00975. The number of nitrogens with two attached hydrogens (primary N) is 1. The monoisotopic (exact) mass is 300 g/mol. The molecule has 2 N–H and O–H groups in total. The highest BCUT2D eigenvalue weighted by molar-refractivity contribution is 6.31. The Labute approximate surface area is 129 Å². The molecule has 1 amide bonds. The summed E-state index contributed by atoms with van der Waals surface area (Å²) in [5, 5.41) is 0.576. The number of nitrogens with zero attached hydrogens (tertiary/aromatic N) is 1. The Morgan fingerprint density at radius 2 is 2.05 bits per heavy atom. The Morgan fingerprint density at radius 3 is 2.81 bits per heavy atom. The molecule has 1 unspecified atom stereocenters. The minimum atomic E-state index is -0.00975. The number of carbonyl (C=O) groups excluding carboxylic acids is 1. The van der Waals surface area contributed by atoms with Gasteiger partial charge in [-0.3, -0.25) is 4.79 Å². The third kappa shape index (κ3) is 2.67. The highest BCUT2D eigenvalue weighted by Gasteiger charge is 2.31. The molecule has 3 rings (SSSR count). The van der Waals surface area contributed by atoms with Crippen molar-refractivity contribution in [2.24, 2.45) is 5.73 Å². The molecule has 0 fully saturated rings. The second kappa shape index (κ2) is 5.88. The average Bonchev–Trinajstić information content (AvgIpc) is 2.86. The third-order valence-electron chi connectivity index (χ3n) is 3.90. The van der Waals surface area contributed by atoms with Crippen molar-refractivity contribution in [3.05, 3.63) is 64.7 Å². The van der Waals surface area contributed by atoms with E-state index in [0.29, 0.717) is 29.6 Å². The Morgan fingerprint density at radius 1 is 1.24 bits per heavy atom. The lowest BCUT2D eigenvalue weighted by Gasteiger charge is -2.18. The van der Waals surface area contributed by atoms with Crippen molar-refractivity contribution < 1.29 is 4.79 Å². The molecule has 0 bridgehead atoms. The van der Waals surface area contributed by atoms with Crippen LogP contribution in [0.2, 0.25) is 5.02 Å². The van der Waals surface area contributed by atoms with Gasteiger partial charge in [0.1, 0.15) is 0 Å². The summed E-state index contributed by atoms with van der Waals surface area (Å²) < 4.78 is 0. The van der Waals surface area contributed by atoms with Crippen LogP contribution < -0.4 is 10.6 Å². The van der Waals surface area contributed by atoms with Crippen LogP contribution in [0.15, 0.2) is 48.5 Å². The first-order valence-electron chi connectivity index (χ1n) is 7.07. The van der Waals surface area contributed by atoms with E-state index in [0.717, 1.165) is 12.1 Å². The summed E-state index contributed by atoms with van der Waals surface area (Å²) in [6.45, 7) is 1.31. The zero-order valence-corrected chi connectivity index (χ0v) is 12.4. The molecule has 1 aliphatic heterocycles. The van der Waals surface area contributed by atoms with Gasteiger partial charge in [0.25, 0.3) is 5.91 Å². The van der Waals surface area contributed by atoms with Crippen LogP contribution in [-0.4, -0.2) is 19.0 Å². The molecule has 3 nitrogen and oxygen atoms in total. The summed E-state index contributed by atoms with van der Waals surface area (Å²) in [6.07, 6.45) is 0.885. The summed E-state index contributed by atoms with van der Waals surface area (Å²) in [5.74, 6) is 0.304. The predicted molar refractivity (Wildman–Crippen MR) is 86.0 cm³/mol. The van der Waals surface area contributed by atoms with Crippen LogP contribution in [0.3, 0.4) is 0 Å². The molecule has 2 aromatic carbocycles. The number of para-hydroxylation sites is 1. The van der Waals surface area contributed by atoms with E-state index >= 15 is 0 Å². The number of hydrogen-bond donors (Lipinski definition) is 1. The lowest BCUT2D eigenvalue weighted by molar-refractivity contribution is 0.0988. The van der Waals surface area contributed by atoms with Gasteiger partial charge in [-0.15, -0.1) is 0 Å². The largest absolute Gasteiger partial charge is 0.330 e. The number of benzene rings is 2. The van der Waals surface area contributed by atoms with E-state index in [1.165, 1.54) is 5.56 Å². The van der Waals surface area contributed by atoms with Gasteiger partial charge in [0.15, 0.2) is 0 Å². The van der Waals surface area contributed by atoms with E-state index in [9.17, 15) is 4.79 Å². The quantitative estimate of drug-likeness (QED) is 0.944. The standard InChI is InChI=1S/C17H17ClN2O/c18-14-5-3-4-12(10-14)17(21)20-11-13(8-9-19)15-6-1-2-7-16(15)20/h1-7,10,13H,8-9,11,19H2. The van der Waals surface area contributed by atoms with Crippen LogP contribution in [-0.2, 0) is 0 Å². The van der Waals surface area contributed by atoms with Crippen molar-refractivity contribution in [3.63, 3.8) is 0 Å². The summed E-state index contributed by atoms with van der Waals surface area (Å²) in [7, 11) is 0. The predicted octanol–water partition coefficient (Wildman–Crippen LogP) is 3.43. The van der Waals surface area contributed by atoms with Gasteiger partial charge in [0.05, 0.1) is 0 Å². The second-order valence-electron chi connectivity index (χ2n) is 5.26. The molecular formula is C17H17ClN2O. The van der Waals surface area contributed by atoms with Gasteiger partial charge in [0.2, 0.25) is 0 Å². The number of halogens is 1. The molecule has 0 saturated heterocycles. The fourth-order valence-electron chi connectivity index (χ4n) is 2.91. The van der Waals surface area contributed by atoms with E-state index in [1.54, 1.807) is 24.3 Å². The van der Waals surface area contributed by atoms with Gasteiger partial charge in [0, 0.05) is 28.7 Å². The molecular weight excluding hydrogens is 284 g/mol. The zero-order chi connectivity index (χ0) is 14.8. The number of amides is 1. The topological polar surface area (TPSA) is 46.3 Å². The molecule has 0 spiro atoms. The second-order valence-corrected chi connectivity index (χ2v) is 5.70. The number of rotatable bonds is 3. The van der Waals surface area contributed by atoms with Gasteiger partial charge in [-0.1, -0.05) is 35.9 Å². The molecule has 4 heteroatoms. The maximum atomic E-state index is 12.7. The first-order chi connectivity index (χ1) is 10.2.